The second-order valence-corrected chi connectivity index (χ2v) is 6.71. The fraction of sp³-hybridized carbons (Fsp3) is 0.150. The van der Waals surface area contributed by atoms with Crippen LogP contribution in [0.15, 0.2) is 42.5 Å². The van der Waals surface area contributed by atoms with Gasteiger partial charge < -0.3 is 14.8 Å². The van der Waals surface area contributed by atoms with Crippen molar-refractivity contribution >= 4 is 51.7 Å². The summed E-state index contributed by atoms with van der Waals surface area (Å²) >= 11 is 12.5. The van der Waals surface area contributed by atoms with E-state index in [1.807, 2.05) is 19.1 Å². The summed E-state index contributed by atoms with van der Waals surface area (Å²) in [5.74, 6) is -0.757. The van der Waals surface area contributed by atoms with E-state index >= 15 is 0 Å². The van der Waals surface area contributed by atoms with Crippen LogP contribution in [0, 0.1) is 6.92 Å². The molecule has 2 aromatic carbocycles. The lowest BCUT2D eigenvalue weighted by Gasteiger charge is -2.13. The second kappa shape index (κ2) is 8.46. The van der Waals surface area contributed by atoms with Gasteiger partial charge in [0.1, 0.15) is 5.52 Å². The summed E-state index contributed by atoms with van der Waals surface area (Å²) < 4.78 is 10.4. The molecule has 0 saturated heterocycles. The summed E-state index contributed by atoms with van der Waals surface area (Å²) in [6, 6.07) is 11.7. The molecule has 0 unspecified atom stereocenters. The fourth-order valence-corrected chi connectivity index (χ4v) is 3.20. The third-order valence-corrected chi connectivity index (χ3v) is 4.52. The van der Waals surface area contributed by atoms with E-state index in [2.05, 4.69) is 10.3 Å². The van der Waals surface area contributed by atoms with Crippen molar-refractivity contribution in [3.8, 4) is 5.75 Å². The molecule has 6 nitrogen and oxygen atoms in total. The molecule has 1 aromatic heterocycles. The van der Waals surface area contributed by atoms with Crippen LogP contribution in [0.3, 0.4) is 0 Å². The number of aryl methyl sites for hydroxylation is 1. The summed E-state index contributed by atoms with van der Waals surface area (Å²) in [5.41, 5.74) is 1.79. The summed E-state index contributed by atoms with van der Waals surface area (Å²) in [4.78, 5) is 28.6. The van der Waals surface area contributed by atoms with Gasteiger partial charge in [0.25, 0.3) is 5.91 Å². The highest BCUT2D eigenvalue weighted by atomic mass is 35.5. The molecule has 8 heteroatoms. The SMILES string of the molecule is COC(=O)c1ccccc1NC(=O)COc1c(Cl)cc(Cl)c2ccc(C)nc12. The van der Waals surface area contributed by atoms with Crippen molar-refractivity contribution in [2.75, 3.05) is 19.0 Å². The van der Waals surface area contributed by atoms with E-state index in [9.17, 15) is 9.59 Å². The zero-order valence-electron chi connectivity index (χ0n) is 15.1. The minimum Gasteiger partial charge on any atom is -0.480 e. The van der Waals surface area contributed by atoms with Crippen molar-refractivity contribution < 1.29 is 19.1 Å². The Morgan fingerprint density at radius 1 is 1.11 bits per heavy atom. The van der Waals surface area contributed by atoms with Crippen LogP contribution in [0.5, 0.6) is 5.75 Å². The Labute approximate surface area is 171 Å². The zero-order valence-corrected chi connectivity index (χ0v) is 16.6. The molecule has 28 heavy (non-hydrogen) atoms. The lowest BCUT2D eigenvalue weighted by Crippen LogP contribution is -2.22. The maximum absolute atomic E-state index is 12.4. The molecule has 3 rings (SSSR count). The minimum atomic E-state index is -0.553. The number of nitrogens with one attached hydrogen (secondary N) is 1. The Morgan fingerprint density at radius 2 is 1.86 bits per heavy atom. The monoisotopic (exact) mass is 418 g/mol. The van der Waals surface area contributed by atoms with Gasteiger partial charge in [0.05, 0.1) is 28.4 Å². The van der Waals surface area contributed by atoms with Gasteiger partial charge in [-0.3, -0.25) is 4.79 Å². The first-order chi connectivity index (χ1) is 13.4. The maximum Gasteiger partial charge on any atom is 0.339 e. The minimum absolute atomic E-state index is 0.241. The van der Waals surface area contributed by atoms with E-state index in [1.54, 1.807) is 30.3 Å². The van der Waals surface area contributed by atoms with E-state index in [0.29, 0.717) is 21.6 Å². The summed E-state index contributed by atoms with van der Waals surface area (Å²) in [6.45, 7) is 1.50. The molecule has 1 amide bonds. The van der Waals surface area contributed by atoms with E-state index < -0.39 is 11.9 Å². The molecule has 3 aromatic rings. The van der Waals surface area contributed by atoms with Crippen LogP contribution in [0.25, 0.3) is 10.9 Å². The van der Waals surface area contributed by atoms with Crippen LogP contribution in [0.1, 0.15) is 16.1 Å². The number of methoxy groups -OCH3 is 1. The van der Waals surface area contributed by atoms with Crippen LogP contribution < -0.4 is 10.1 Å². The van der Waals surface area contributed by atoms with Crippen molar-refractivity contribution in [1.29, 1.82) is 0 Å². The molecule has 0 fully saturated rings. The lowest BCUT2D eigenvalue weighted by atomic mass is 10.2. The highest BCUT2D eigenvalue weighted by Crippen LogP contribution is 2.37. The number of hydrogen-bond donors (Lipinski definition) is 1. The Hall–Kier alpha value is -2.83. The standard InChI is InChI=1S/C20H16Cl2N2O4/c1-11-7-8-12-14(21)9-15(22)19(18(12)23-11)28-10-17(25)24-16-6-4-3-5-13(16)20(26)27-2/h3-9H,10H2,1-2H3,(H,24,25). The van der Waals surface area contributed by atoms with Gasteiger partial charge >= 0.3 is 5.97 Å². The smallest absolute Gasteiger partial charge is 0.339 e. The van der Waals surface area contributed by atoms with Crippen LogP contribution in [0.2, 0.25) is 10.0 Å². The Bertz CT molecular complexity index is 1070. The molecule has 0 saturated carbocycles. The maximum atomic E-state index is 12.4. The number of esters is 1. The van der Waals surface area contributed by atoms with Crippen molar-refractivity contribution in [1.82, 2.24) is 4.98 Å². The second-order valence-electron chi connectivity index (χ2n) is 5.89. The molecule has 0 bridgehead atoms. The number of hydrogen-bond acceptors (Lipinski definition) is 5. The number of carbonyl (C=O) groups excluding carboxylic acids is 2. The molecule has 0 radical (unpaired) electrons. The average Bonchev–Trinajstić information content (AvgIpc) is 2.67. The predicted octanol–water partition coefficient (Wildman–Crippen LogP) is 4.65. The van der Waals surface area contributed by atoms with Crippen LogP contribution in [-0.2, 0) is 9.53 Å². The van der Waals surface area contributed by atoms with Gasteiger partial charge in [-0.1, -0.05) is 35.3 Å². The first kappa shape index (κ1) is 19.9. The van der Waals surface area contributed by atoms with Crippen molar-refractivity contribution in [3.05, 3.63) is 63.8 Å². The number of halogens is 2. The summed E-state index contributed by atoms with van der Waals surface area (Å²) in [7, 11) is 1.27. The van der Waals surface area contributed by atoms with E-state index in [0.717, 1.165) is 5.69 Å². The lowest BCUT2D eigenvalue weighted by molar-refractivity contribution is -0.118. The number of ether oxygens (including phenoxy) is 2. The number of anilines is 1. The molecule has 0 aliphatic heterocycles. The molecule has 1 heterocycles. The number of carbonyl (C=O) groups is 2. The Balaban J connectivity index is 1.81. The summed E-state index contributed by atoms with van der Waals surface area (Å²) in [5, 5.41) is 3.99. The van der Waals surface area contributed by atoms with Gasteiger partial charge in [-0.2, -0.15) is 0 Å². The van der Waals surface area contributed by atoms with Crippen molar-refractivity contribution in [3.63, 3.8) is 0 Å². The van der Waals surface area contributed by atoms with Gasteiger partial charge in [-0.05, 0) is 37.3 Å². The molecule has 0 aliphatic rings. The number of aromatic nitrogens is 1. The van der Waals surface area contributed by atoms with Gasteiger partial charge in [-0.15, -0.1) is 0 Å². The van der Waals surface area contributed by atoms with Crippen LogP contribution in [0.4, 0.5) is 5.69 Å². The number of pyridine rings is 1. The molecule has 0 atom stereocenters. The first-order valence-electron chi connectivity index (χ1n) is 8.26. The Kier molecular flexibility index (Phi) is 6.02. The van der Waals surface area contributed by atoms with E-state index in [-0.39, 0.29) is 22.9 Å². The van der Waals surface area contributed by atoms with Crippen LogP contribution in [-0.4, -0.2) is 30.6 Å². The summed E-state index contributed by atoms with van der Waals surface area (Å²) in [6.07, 6.45) is 0. The number of amides is 1. The predicted molar refractivity (Wildman–Crippen MR) is 108 cm³/mol. The van der Waals surface area contributed by atoms with Gasteiger partial charge in [0.2, 0.25) is 0 Å². The molecule has 0 aliphatic carbocycles. The van der Waals surface area contributed by atoms with Gasteiger partial charge in [0.15, 0.2) is 12.4 Å². The largest absolute Gasteiger partial charge is 0.480 e. The normalized spacial score (nSPS) is 10.6. The fourth-order valence-electron chi connectivity index (χ4n) is 2.63. The van der Waals surface area contributed by atoms with Crippen molar-refractivity contribution in [2.45, 2.75) is 6.92 Å². The number of nitrogens with zero attached hydrogens (tertiary/aromatic N) is 1. The molecular formula is C20H16Cl2N2O4. The number of benzene rings is 2. The topological polar surface area (TPSA) is 77.5 Å². The highest BCUT2D eigenvalue weighted by Gasteiger charge is 2.17. The number of rotatable bonds is 5. The zero-order chi connectivity index (χ0) is 20.3. The number of para-hydroxylation sites is 1. The third-order valence-electron chi connectivity index (χ3n) is 3.93. The van der Waals surface area contributed by atoms with E-state index in [1.165, 1.54) is 7.11 Å². The van der Waals surface area contributed by atoms with Gasteiger partial charge in [0, 0.05) is 11.1 Å². The Morgan fingerprint density at radius 3 is 2.61 bits per heavy atom. The molecule has 1 N–H and O–H groups in total. The molecular weight excluding hydrogens is 403 g/mol. The first-order valence-corrected chi connectivity index (χ1v) is 9.01. The quantitative estimate of drug-likeness (QED) is 0.609. The highest BCUT2D eigenvalue weighted by molar-refractivity contribution is 6.39. The van der Waals surface area contributed by atoms with Crippen molar-refractivity contribution in [2.24, 2.45) is 0 Å². The number of fused-ring (bicyclic) bond motifs is 1. The van der Waals surface area contributed by atoms with Gasteiger partial charge in [-0.25, -0.2) is 9.78 Å². The average molecular weight is 419 g/mol. The molecule has 144 valence electrons. The van der Waals surface area contributed by atoms with E-state index in [4.69, 9.17) is 32.7 Å². The van der Waals surface area contributed by atoms with Crippen LogP contribution >= 0.6 is 23.2 Å². The molecule has 0 spiro atoms. The third kappa shape index (κ3) is 4.18.